The molecule has 0 saturated carbocycles. The van der Waals surface area contributed by atoms with E-state index in [9.17, 15) is 10.1 Å². The summed E-state index contributed by atoms with van der Waals surface area (Å²) in [4.78, 5) is 10.5. The lowest BCUT2D eigenvalue weighted by molar-refractivity contribution is -0.385. The normalized spacial score (nSPS) is 10.4. The highest BCUT2D eigenvalue weighted by Crippen LogP contribution is 2.23. The smallest absolute Gasteiger partial charge is 0.274 e. The quantitative estimate of drug-likeness (QED) is 0.611. The molecule has 0 aromatic heterocycles. The minimum atomic E-state index is -0.329. The number of hydrogen-bond acceptors (Lipinski definition) is 3. The standard InChI is InChI=1S/C11H16N2O2/c1-4-9-5-6-10(12-8(2)3)7-11(9)13(14)15/h5-8,12H,4H2,1-3H3. The molecular weight excluding hydrogens is 192 g/mol. The van der Waals surface area contributed by atoms with E-state index < -0.39 is 0 Å². The molecule has 0 unspecified atom stereocenters. The first-order chi connectivity index (χ1) is 7.04. The van der Waals surface area contributed by atoms with Gasteiger partial charge in [-0.05, 0) is 26.3 Å². The van der Waals surface area contributed by atoms with Gasteiger partial charge in [0.2, 0.25) is 0 Å². The molecule has 0 radical (unpaired) electrons. The average Bonchev–Trinajstić information content (AvgIpc) is 2.16. The number of anilines is 1. The van der Waals surface area contributed by atoms with Crippen LogP contribution in [-0.4, -0.2) is 11.0 Å². The van der Waals surface area contributed by atoms with Crippen LogP contribution in [0.15, 0.2) is 18.2 Å². The molecule has 1 aromatic carbocycles. The fraction of sp³-hybridized carbons (Fsp3) is 0.455. The summed E-state index contributed by atoms with van der Waals surface area (Å²) in [5.74, 6) is 0. The molecule has 4 nitrogen and oxygen atoms in total. The van der Waals surface area contributed by atoms with Gasteiger partial charge in [0.1, 0.15) is 0 Å². The molecule has 82 valence electrons. The lowest BCUT2D eigenvalue weighted by Crippen LogP contribution is -2.10. The monoisotopic (exact) mass is 208 g/mol. The predicted molar refractivity (Wildman–Crippen MR) is 61.2 cm³/mol. The third-order valence-corrected chi connectivity index (χ3v) is 2.12. The molecule has 0 saturated heterocycles. The van der Waals surface area contributed by atoms with Crippen LogP contribution in [0.1, 0.15) is 26.3 Å². The molecular formula is C11H16N2O2. The van der Waals surface area contributed by atoms with Crippen molar-refractivity contribution < 1.29 is 4.92 Å². The van der Waals surface area contributed by atoms with Crippen molar-refractivity contribution in [3.8, 4) is 0 Å². The molecule has 0 fully saturated rings. The Morgan fingerprint density at radius 2 is 2.13 bits per heavy atom. The van der Waals surface area contributed by atoms with Crippen LogP contribution in [0.2, 0.25) is 0 Å². The average molecular weight is 208 g/mol. The van der Waals surface area contributed by atoms with Gasteiger partial charge >= 0.3 is 0 Å². The minimum absolute atomic E-state index is 0.197. The maximum absolute atomic E-state index is 10.8. The Labute approximate surface area is 89.5 Å². The Balaban J connectivity index is 3.05. The summed E-state index contributed by atoms with van der Waals surface area (Å²) in [6.45, 7) is 5.91. The maximum Gasteiger partial charge on any atom is 0.274 e. The first-order valence-corrected chi connectivity index (χ1v) is 5.08. The van der Waals surface area contributed by atoms with Crippen LogP contribution in [0.4, 0.5) is 11.4 Å². The summed E-state index contributed by atoms with van der Waals surface area (Å²) in [6, 6.07) is 5.56. The lowest BCUT2D eigenvalue weighted by Gasteiger charge is -2.10. The van der Waals surface area contributed by atoms with Crippen molar-refractivity contribution in [2.24, 2.45) is 0 Å². The third-order valence-electron chi connectivity index (χ3n) is 2.12. The molecule has 1 N–H and O–H groups in total. The topological polar surface area (TPSA) is 55.2 Å². The number of aryl methyl sites for hydroxylation is 1. The van der Waals surface area contributed by atoms with Gasteiger partial charge in [-0.3, -0.25) is 10.1 Å². The highest BCUT2D eigenvalue weighted by molar-refractivity contribution is 5.55. The highest BCUT2D eigenvalue weighted by atomic mass is 16.6. The molecule has 4 heteroatoms. The van der Waals surface area contributed by atoms with Crippen molar-refractivity contribution >= 4 is 11.4 Å². The summed E-state index contributed by atoms with van der Waals surface area (Å²) >= 11 is 0. The van der Waals surface area contributed by atoms with Crippen LogP contribution in [0.25, 0.3) is 0 Å². The van der Waals surface area contributed by atoms with Gasteiger partial charge in [0.15, 0.2) is 0 Å². The summed E-state index contributed by atoms with van der Waals surface area (Å²) in [5, 5.41) is 13.9. The molecule has 0 aliphatic rings. The molecule has 0 heterocycles. The number of hydrogen-bond donors (Lipinski definition) is 1. The zero-order valence-corrected chi connectivity index (χ0v) is 9.28. The minimum Gasteiger partial charge on any atom is -0.383 e. The van der Waals surface area contributed by atoms with Crippen LogP contribution >= 0.6 is 0 Å². The van der Waals surface area contributed by atoms with Crippen LogP contribution < -0.4 is 5.32 Å². The van der Waals surface area contributed by atoms with E-state index in [2.05, 4.69) is 5.32 Å². The van der Waals surface area contributed by atoms with Crippen molar-refractivity contribution in [1.29, 1.82) is 0 Å². The fourth-order valence-corrected chi connectivity index (χ4v) is 1.46. The van der Waals surface area contributed by atoms with E-state index in [4.69, 9.17) is 0 Å². The lowest BCUT2D eigenvalue weighted by atomic mass is 10.1. The molecule has 1 aromatic rings. The van der Waals surface area contributed by atoms with Crippen LogP contribution in [0, 0.1) is 10.1 Å². The second-order valence-corrected chi connectivity index (χ2v) is 3.75. The van der Waals surface area contributed by atoms with Gasteiger partial charge in [0.05, 0.1) is 4.92 Å². The summed E-state index contributed by atoms with van der Waals surface area (Å²) < 4.78 is 0. The van der Waals surface area contributed by atoms with E-state index in [1.165, 1.54) is 0 Å². The van der Waals surface area contributed by atoms with E-state index in [0.29, 0.717) is 6.42 Å². The maximum atomic E-state index is 10.8. The number of nitrogens with zero attached hydrogens (tertiary/aromatic N) is 1. The first-order valence-electron chi connectivity index (χ1n) is 5.08. The van der Waals surface area contributed by atoms with Gasteiger partial charge in [-0.1, -0.05) is 13.0 Å². The molecule has 1 rings (SSSR count). The number of rotatable bonds is 4. The predicted octanol–water partition coefficient (Wildman–Crippen LogP) is 2.98. The van der Waals surface area contributed by atoms with Gasteiger partial charge in [0.25, 0.3) is 5.69 Å². The Morgan fingerprint density at radius 3 is 2.60 bits per heavy atom. The number of nitro benzene ring substituents is 1. The van der Waals surface area contributed by atoms with Crippen LogP contribution in [0.3, 0.4) is 0 Å². The van der Waals surface area contributed by atoms with E-state index in [1.807, 2.05) is 32.9 Å². The summed E-state index contributed by atoms with van der Waals surface area (Å²) in [7, 11) is 0. The zero-order chi connectivity index (χ0) is 11.4. The van der Waals surface area contributed by atoms with E-state index in [0.717, 1.165) is 11.3 Å². The largest absolute Gasteiger partial charge is 0.383 e. The van der Waals surface area contributed by atoms with Gasteiger partial charge in [-0.15, -0.1) is 0 Å². The zero-order valence-electron chi connectivity index (χ0n) is 9.28. The second-order valence-electron chi connectivity index (χ2n) is 3.75. The van der Waals surface area contributed by atoms with E-state index >= 15 is 0 Å². The second kappa shape index (κ2) is 4.77. The molecule has 0 bridgehead atoms. The Morgan fingerprint density at radius 1 is 1.47 bits per heavy atom. The van der Waals surface area contributed by atoms with Crippen molar-refractivity contribution in [2.75, 3.05) is 5.32 Å². The first kappa shape index (κ1) is 11.5. The van der Waals surface area contributed by atoms with Gasteiger partial charge in [-0.25, -0.2) is 0 Å². The van der Waals surface area contributed by atoms with E-state index in [1.54, 1.807) is 6.07 Å². The number of benzene rings is 1. The molecule has 0 amide bonds. The van der Waals surface area contributed by atoms with Crippen LogP contribution in [0.5, 0.6) is 0 Å². The van der Waals surface area contributed by atoms with Gasteiger partial charge in [0, 0.05) is 23.4 Å². The van der Waals surface area contributed by atoms with Gasteiger partial charge in [-0.2, -0.15) is 0 Å². The highest BCUT2D eigenvalue weighted by Gasteiger charge is 2.12. The Bertz CT molecular complexity index is 362. The third kappa shape index (κ3) is 2.94. The molecule has 0 spiro atoms. The summed E-state index contributed by atoms with van der Waals surface area (Å²) in [6.07, 6.45) is 0.679. The number of nitrogens with one attached hydrogen (secondary N) is 1. The van der Waals surface area contributed by atoms with Crippen LogP contribution in [-0.2, 0) is 6.42 Å². The van der Waals surface area contributed by atoms with E-state index in [-0.39, 0.29) is 16.7 Å². The summed E-state index contributed by atoms with van der Waals surface area (Å²) in [5.41, 5.74) is 1.77. The number of nitro groups is 1. The molecule has 0 atom stereocenters. The van der Waals surface area contributed by atoms with Crippen molar-refractivity contribution in [3.05, 3.63) is 33.9 Å². The molecule has 0 aliphatic carbocycles. The fourth-order valence-electron chi connectivity index (χ4n) is 1.46. The Kier molecular flexibility index (Phi) is 3.66. The Hall–Kier alpha value is -1.58. The molecule has 0 aliphatic heterocycles. The van der Waals surface area contributed by atoms with Crippen molar-refractivity contribution in [2.45, 2.75) is 33.2 Å². The molecule has 15 heavy (non-hydrogen) atoms. The van der Waals surface area contributed by atoms with Crippen molar-refractivity contribution in [1.82, 2.24) is 0 Å². The van der Waals surface area contributed by atoms with Crippen molar-refractivity contribution in [3.63, 3.8) is 0 Å². The SMILES string of the molecule is CCc1ccc(NC(C)C)cc1[N+](=O)[O-]. The van der Waals surface area contributed by atoms with Gasteiger partial charge < -0.3 is 5.32 Å².